The van der Waals surface area contributed by atoms with Crippen LogP contribution in [0.4, 0.5) is 0 Å². The van der Waals surface area contributed by atoms with Gasteiger partial charge in [0, 0.05) is 12.0 Å². The number of pyridine rings is 1. The van der Waals surface area contributed by atoms with E-state index in [0.717, 1.165) is 27.9 Å². The summed E-state index contributed by atoms with van der Waals surface area (Å²) in [7, 11) is 0. The molecule has 4 rings (SSSR count). The third-order valence-corrected chi connectivity index (χ3v) is 3.36. The SMILES string of the molecule is O=C1CC=Cc2ccc3nc4ccccc4n3c21. The third-order valence-electron chi connectivity index (χ3n) is 3.36. The number of carbonyl (C=O) groups is 1. The highest BCUT2D eigenvalue weighted by Gasteiger charge is 2.18. The average molecular weight is 234 g/mol. The number of rotatable bonds is 0. The van der Waals surface area contributed by atoms with Crippen LogP contribution in [0.1, 0.15) is 22.5 Å². The van der Waals surface area contributed by atoms with E-state index >= 15 is 0 Å². The molecular formula is C15H10N2O. The van der Waals surface area contributed by atoms with Crippen LogP contribution in [0, 0.1) is 0 Å². The van der Waals surface area contributed by atoms with Gasteiger partial charge in [0.05, 0.1) is 16.7 Å². The molecule has 0 spiro atoms. The number of para-hydroxylation sites is 2. The molecular weight excluding hydrogens is 224 g/mol. The molecule has 0 amide bonds. The fraction of sp³-hybridized carbons (Fsp3) is 0.0667. The van der Waals surface area contributed by atoms with Crippen molar-refractivity contribution in [3.05, 3.63) is 53.7 Å². The zero-order valence-electron chi connectivity index (χ0n) is 9.63. The Morgan fingerprint density at radius 2 is 2.00 bits per heavy atom. The Kier molecular flexibility index (Phi) is 1.75. The van der Waals surface area contributed by atoms with E-state index in [1.54, 1.807) is 0 Å². The number of imidazole rings is 1. The minimum absolute atomic E-state index is 0.154. The van der Waals surface area contributed by atoms with E-state index in [1.807, 2.05) is 53.0 Å². The Morgan fingerprint density at radius 3 is 2.94 bits per heavy atom. The highest BCUT2D eigenvalue weighted by molar-refractivity contribution is 6.03. The summed E-state index contributed by atoms with van der Waals surface area (Å²) in [5.41, 5.74) is 4.48. The summed E-state index contributed by atoms with van der Waals surface area (Å²) in [5, 5.41) is 0. The number of fused-ring (bicyclic) bond motifs is 5. The van der Waals surface area contributed by atoms with Gasteiger partial charge < -0.3 is 0 Å². The molecule has 0 bridgehead atoms. The van der Waals surface area contributed by atoms with Crippen molar-refractivity contribution >= 4 is 28.5 Å². The van der Waals surface area contributed by atoms with Crippen LogP contribution in [-0.4, -0.2) is 15.2 Å². The molecule has 0 N–H and O–H groups in total. The van der Waals surface area contributed by atoms with Crippen LogP contribution in [0.3, 0.4) is 0 Å². The lowest BCUT2D eigenvalue weighted by Gasteiger charge is -2.12. The second kappa shape index (κ2) is 3.29. The fourth-order valence-corrected chi connectivity index (χ4v) is 2.57. The van der Waals surface area contributed by atoms with Crippen LogP contribution in [0.15, 0.2) is 42.5 Å². The monoisotopic (exact) mass is 234 g/mol. The average Bonchev–Trinajstić information content (AvgIpc) is 2.77. The standard InChI is InChI=1S/C15H10N2O/c18-13-7-3-4-10-8-9-14-16-11-5-1-2-6-12(11)17(14)15(10)13/h1-6,8-9H,7H2. The number of benzene rings is 1. The lowest BCUT2D eigenvalue weighted by Crippen LogP contribution is -2.10. The van der Waals surface area contributed by atoms with Crippen molar-refractivity contribution in [2.75, 3.05) is 0 Å². The molecule has 3 aromatic rings. The van der Waals surface area contributed by atoms with Crippen molar-refractivity contribution in [2.45, 2.75) is 6.42 Å². The minimum Gasteiger partial charge on any atom is -0.292 e. The number of ketones is 1. The topological polar surface area (TPSA) is 34.4 Å². The van der Waals surface area contributed by atoms with Gasteiger partial charge in [-0.15, -0.1) is 0 Å². The number of aromatic nitrogens is 2. The molecule has 1 aliphatic rings. The van der Waals surface area contributed by atoms with Crippen molar-refractivity contribution in [3.63, 3.8) is 0 Å². The van der Waals surface area contributed by atoms with E-state index in [2.05, 4.69) is 4.98 Å². The summed E-state index contributed by atoms with van der Waals surface area (Å²) in [5.74, 6) is 0.154. The second-order valence-electron chi connectivity index (χ2n) is 4.46. The summed E-state index contributed by atoms with van der Waals surface area (Å²) in [6.07, 6.45) is 4.39. The molecule has 0 aliphatic heterocycles. The van der Waals surface area contributed by atoms with Gasteiger partial charge in [0.2, 0.25) is 0 Å². The molecule has 0 atom stereocenters. The number of carbonyl (C=O) groups excluding carboxylic acids is 1. The van der Waals surface area contributed by atoms with E-state index < -0.39 is 0 Å². The van der Waals surface area contributed by atoms with E-state index in [9.17, 15) is 4.79 Å². The minimum atomic E-state index is 0.154. The summed E-state index contributed by atoms with van der Waals surface area (Å²) in [6, 6.07) is 11.8. The summed E-state index contributed by atoms with van der Waals surface area (Å²) >= 11 is 0. The molecule has 0 unspecified atom stereocenters. The molecule has 1 aromatic carbocycles. The van der Waals surface area contributed by atoms with E-state index in [-0.39, 0.29) is 5.78 Å². The van der Waals surface area contributed by atoms with Gasteiger partial charge in [0.15, 0.2) is 5.78 Å². The maximum Gasteiger partial charge on any atom is 0.183 e. The molecule has 3 nitrogen and oxygen atoms in total. The number of allylic oxidation sites excluding steroid dienone is 1. The van der Waals surface area contributed by atoms with Crippen LogP contribution >= 0.6 is 0 Å². The van der Waals surface area contributed by atoms with Crippen LogP contribution in [0.5, 0.6) is 0 Å². The predicted molar refractivity (Wildman–Crippen MR) is 70.7 cm³/mol. The van der Waals surface area contributed by atoms with Gasteiger partial charge in [-0.05, 0) is 24.3 Å². The lowest BCUT2D eigenvalue weighted by molar-refractivity contribution is 0.0989. The third kappa shape index (κ3) is 1.13. The highest BCUT2D eigenvalue weighted by atomic mass is 16.1. The van der Waals surface area contributed by atoms with Crippen molar-refractivity contribution in [2.24, 2.45) is 0 Å². The van der Waals surface area contributed by atoms with Crippen molar-refractivity contribution in [1.29, 1.82) is 0 Å². The maximum absolute atomic E-state index is 12.1. The number of hydrogen-bond acceptors (Lipinski definition) is 2. The van der Waals surface area contributed by atoms with Gasteiger partial charge in [-0.25, -0.2) is 4.98 Å². The fourth-order valence-electron chi connectivity index (χ4n) is 2.57. The number of nitrogens with zero attached hydrogens (tertiary/aromatic N) is 2. The molecule has 0 radical (unpaired) electrons. The molecule has 86 valence electrons. The molecule has 2 heterocycles. The first kappa shape index (κ1) is 9.59. The molecule has 0 saturated heterocycles. The zero-order valence-corrected chi connectivity index (χ0v) is 9.63. The molecule has 3 heteroatoms. The molecule has 1 aliphatic carbocycles. The quantitative estimate of drug-likeness (QED) is 0.599. The molecule has 0 saturated carbocycles. The summed E-state index contributed by atoms with van der Waals surface area (Å²) in [4.78, 5) is 16.7. The van der Waals surface area contributed by atoms with Gasteiger partial charge in [0.1, 0.15) is 5.65 Å². The number of hydrogen-bond donors (Lipinski definition) is 0. The Balaban J connectivity index is 2.28. The van der Waals surface area contributed by atoms with Crippen LogP contribution in [-0.2, 0) is 0 Å². The zero-order chi connectivity index (χ0) is 12.1. The summed E-state index contributed by atoms with van der Waals surface area (Å²) < 4.78 is 1.97. The van der Waals surface area contributed by atoms with Gasteiger partial charge in [-0.2, -0.15) is 0 Å². The first-order valence-electron chi connectivity index (χ1n) is 5.94. The van der Waals surface area contributed by atoms with Gasteiger partial charge in [-0.1, -0.05) is 24.3 Å². The van der Waals surface area contributed by atoms with Crippen molar-refractivity contribution in [1.82, 2.24) is 9.38 Å². The van der Waals surface area contributed by atoms with E-state index in [4.69, 9.17) is 0 Å². The van der Waals surface area contributed by atoms with E-state index in [1.165, 1.54) is 0 Å². The highest BCUT2D eigenvalue weighted by Crippen LogP contribution is 2.25. The smallest absolute Gasteiger partial charge is 0.183 e. The maximum atomic E-state index is 12.1. The van der Waals surface area contributed by atoms with Gasteiger partial charge in [0.25, 0.3) is 0 Å². The predicted octanol–water partition coefficient (Wildman–Crippen LogP) is 3.09. The Morgan fingerprint density at radius 1 is 1.11 bits per heavy atom. The molecule has 0 fully saturated rings. The first-order valence-corrected chi connectivity index (χ1v) is 5.94. The summed E-state index contributed by atoms with van der Waals surface area (Å²) in [6.45, 7) is 0. The van der Waals surface area contributed by atoms with Crippen molar-refractivity contribution < 1.29 is 4.79 Å². The number of Topliss-reactive ketones (excluding diaryl/α,β-unsaturated/α-hetero) is 1. The Labute approximate surface area is 103 Å². The van der Waals surface area contributed by atoms with Gasteiger partial charge in [-0.3, -0.25) is 9.20 Å². The Bertz CT molecular complexity index is 827. The van der Waals surface area contributed by atoms with Crippen LogP contribution in [0.25, 0.3) is 22.8 Å². The van der Waals surface area contributed by atoms with Crippen LogP contribution < -0.4 is 0 Å². The normalized spacial score (nSPS) is 14.3. The second-order valence-corrected chi connectivity index (χ2v) is 4.46. The van der Waals surface area contributed by atoms with Crippen molar-refractivity contribution in [3.8, 4) is 0 Å². The molecule has 18 heavy (non-hydrogen) atoms. The van der Waals surface area contributed by atoms with Gasteiger partial charge >= 0.3 is 0 Å². The Hall–Kier alpha value is -2.42. The molecule has 2 aromatic heterocycles. The van der Waals surface area contributed by atoms with E-state index in [0.29, 0.717) is 6.42 Å². The largest absolute Gasteiger partial charge is 0.292 e. The van der Waals surface area contributed by atoms with Crippen LogP contribution in [0.2, 0.25) is 0 Å². The first-order chi connectivity index (χ1) is 8.84. The lowest BCUT2D eigenvalue weighted by atomic mass is 10.0.